The minimum atomic E-state index is -1.33. The van der Waals surface area contributed by atoms with Crippen LogP contribution in [-0.4, -0.2) is 56.9 Å². The van der Waals surface area contributed by atoms with Gasteiger partial charge >= 0.3 is 18.0 Å². The molecule has 0 spiro atoms. The number of hydrogen-bond acceptors (Lipinski definition) is 9. The smallest absolute Gasteiger partial charge is 0.326 e. The van der Waals surface area contributed by atoms with Gasteiger partial charge in [0.2, 0.25) is 17.7 Å². The summed E-state index contributed by atoms with van der Waals surface area (Å²) in [5, 5.41) is 29.6. The summed E-state index contributed by atoms with van der Waals surface area (Å²) in [6.45, 7) is 1.75. The highest BCUT2D eigenvalue weighted by atomic mass is 16.4. The summed E-state index contributed by atoms with van der Waals surface area (Å²) in [6.07, 6.45) is 1.68. The predicted molar refractivity (Wildman–Crippen MR) is 103 cm³/mol. The minimum absolute atomic E-state index is 0.113. The Morgan fingerprint density at radius 1 is 1.13 bits per heavy atom. The molecule has 0 aromatic carbocycles. The second kappa shape index (κ2) is 14.7. The van der Waals surface area contributed by atoms with E-state index in [1.165, 1.54) is 6.92 Å². The Morgan fingerprint density at radius 3 is 2.30 bits per heavy atom. The summed E-state index contributed by atoms with van der Waals surface area (Å²) < 4.78 is 5.34. The van der Waals surface area contributed by atoms with Crippen LogP contribution in [0.4, 0.5) is 4.79 Å². The summed E-state index contributed by atoms with van der Waals surface area (Å²) >= 11 is 0. The Labute approximate surface area is 172 Å². The van der Waals surface area contributed by atoms with E-state index in [1.807, 2.05) is 0 Å². The van der Waals surface area contributed by atoms with Gasteiger partial charge in [-0.15, -0.1) is 10.2 Å². The summed E-state index contributed by atoms with van der Waals surface area (Å²) in [5.41, 5.74) is 15.8. The van der Waals surface area contributed by atoms with Crippen molar-refractivity contribution in [2.45, 2.75) is 57.7 Å². The van der Waals surface area contributed by atoms with Gasteiger partial charge in [-0.25, -0.2) is 9.59 Å². The third-order valence-corrected chi connectivity index (χ3v) is 3.42. The minimum Gasteiger partial charge on any atom is -0.481 e. The van der Waals surface area contributed by atoms with Crippen molar-refractivity contribution in [3.05, 3.63) is 11.8 Å². The van der Waals surface area contributed by atoms with Gasteiger partial charge in [-0.3, -0.25) is 9.59 Å². The molecule has 0 fully saturated rings. The van der Waals surface area contributed by atoms with E-state index in [0.29, 0.717) is 13.0 Å². The first kappa shape index (κ1) is 26.7. The molecular weight excluding hydrogens is 402 g/mol. The molecule has 0 saturated heterocycles. The number of primary amides is 1. The zero-order valence-corrected chi connectivity index (χ0v) is 16.7. The van der Waals surface area contributed by atoms with Crippen LogP contribution in [0.5, 0.6) is 0 Å². The second-order valence-corrected chi connectivity index (χ2v) is 6.19. The first-order chi connectivity index (χ1) is 14.1. The molecule has 3 amide bonds. The fraction of sp³-hybridized carbons (Fsp3) is 0.625. The number of nitrogens with zero attached hydrogens (tertiary/aromatic N) is 2. The monoisotopic (exact) mass is 431 g/mol. The summed E-state index contributed by atoms with van der Waals surface area (Å²) in [7, 11) is 0. The predicted octanol–water partition coefficient (Wildman–Crippen LogP) is -1.19. The number of urea groups is 1. The van der Waals surface area contributed by atoms with Crippen molar-refractivity contribution in [3.8, 4) is 0 Å². The van der Waals surface area contributed by atoms with E-state index in [9.17, 15) is 19.2 Å². The van der Waals surface area contributed by atoms with E-state index in [2.05, 4.69) is 26.6 Å². The van der Waals surface area contributed by atoms with Crippen LogP contribution in [-0.2, 0) is 20.9 Å². The van der Waals surface area contributed by atoms with Gasteiger partial charge in [0.1, 0.15) is 6.04 Å². The normalized spacial score (nSPS) is 12.1. The van der Waals surface area contributed by atoms with Gasteiger partial charge < -0.3 is 42.5 Å². The quantitative estimate of drug-likeness (QED) is 0.194. The molecule has 0 aliphatic carbocycles. The van der Waals surface area contributed by atoms with Gasteiger partial charge in [0, 0.05) is 13.3 Å². The van der Waals surface area contributed by atoms with Crippen LogP contribution < -0.4 is 27.8 Å². The van der Waals surface area contributed by atoms with Crippen molar-refractivity contribution in [2.75, 3.05) is 6.54 Å². The molecular formula is C16H29N7O7. The Bertz CT molecular complexity index is 691. The highest BCUT2D eigenvalue weighted by Gasteiger charge is 2.21. The van der Waals surface area contributed by atoms with Crippen molar-refractivity contribution in [1.29, 1.82) is 0 Å². The SMILES string of the molecule is CC(N)=O.NCCCC[C@H](N)c1nnc(CNC(=O)N[C@@H](CCC(=O)O)C(=O)O)o1. The molecule has 14 nitrogen and oxygen atoms in total. The van der Waals surface area contributed by atoms with Crippen LogP contribution in [0.25, 0.3) is 0 Å². The lowest BCUT2D eigenvalue weighted by Crippen LogP contribution is -2.46. The maximum absolute atomic E-state index is 11.7. The van der Waals surface area contributed by atoms with Gasteiger partial charge in [-0.1, -0.05) is 6.42 Å². The second-order valence-electron chi connectivity index (χ2n) is 6.19. The lowest BCUT2D eigenvalue weighted by Gasteiger charge is -2.13. The van der Waals surface area contributed by atoms with Gasteiger partial charge in [0.15, 0.2) is 0 Å². The lowest BCUT2D eigenvalue weighted by molar-refractivity contribution is -0.140. The number of carboxylic acids is 2. The van der Waals surface area contributed by atoms with E-state index < -0.39 is 30.1 Å². The molecule has 0 radical (unpaired) electrons. The standard InChI is InChI=1S/C14H24N6O6.C2H5NO/c15-6-2-1-3-8(16)12-20-19-10(26-12)7-17-14(25)18-9(13(23)24)4-5-11(21)22;1-2(3)4/h8-9H,1-7,15-16H2,(H,21,22)(H,23,24)(H2,17,18,25);1H3,(H2,3,4)/t8-,9-;/m0./s1. The van der Waals surface area contributed by atoms with Crippen LogP contribution >= 0.6 is 0 Å². The maximum atomic E-state index is 11.7. The van der Waals surface area contributed by atoms with E-state index >= 15 is 0 Å². The molecule has 0 aliphatic rings. The zero-order chi connectivity index (χ0) is 23.1. The van der Waals surface area contributed by atoms with Crippen LogP contribution in [0, 0.1) is 0 Å². The summed E-state index contributed by atoms with van der Waals surface area (Å²) in [5.74, 6) is -2.46. The van der Waals surface area contributed by atoms with E-state index in [-0.39, 0.29) is 37.1 Å². The largest absolute Gasteiger partial charge is 0.481 e. The molecule has 1 heterocycles. The summed E-state index contributed by atoms with van der Waals surface area (Å²) in [6, 6.07) is -2.54. The van der Waals surface area contributed by atoms with Gasteiger partial charge in [-0.05, 0) is 25.8 Å². The van der Waals surface area contributed by atoms with Crippen molar-refractivity contribution in [3.63, 3.8) is 0 Å². The first-order valence-corrected chi connectivity index (χ1v) is 9.09. The first-order valence-electron chi connectivity index (χ1n) is 9.09. The molecule has 14 heteroatoms. The van der Waals surface area contributed by atoms with Crippen molar-refractivity contribution < 1.29 is 33.8 Å². The van der Waals surface area contributed by atoms with E-state index in [0.717, 1.165) is 12.8 Å². The number of carbonyl (C=O) groups is 4. The lowest BCUT2D eigenvalue weighted by atomic mass is 10.1. The van der Waals surface area contributed by atoms with Crippen molar-refractivity contribution in [1.82, 2.24) is 20.8 Å². The maximum Gasteiger partial charge on any atom is 0.326 e. The van der Waals surface area contributed by atoms with Gasteiger partial charge in [-0.2, -0.15) is 0 Å². The van der Waals surface area contributed by atoms with E-state index in [1.54, 1.807) is 0 Å². The molecule has 170 valence electrons. The number of aliphatic carboxylic acids is 2. The highest BCUT2D eigenvalue weighted by molar-refractivity contribution is 5.82. The molecule has 0 unspecified atom stereocenters. The molecule has 1 aromatic heterocycles. The number of carbonyl (C=O) groups excluding carboxylic acids is 2. The fourth-order valence-corrected chi connectivity index (χ4v) is 2.01. The Morgan fingerprint density at radius 2 is 1.77 bits per heavy atom. The summed E-state index contributed by atoms with van der Waals surface area (Å²) in [4.78, 5) is 42.5. The zero-order valence-electron chi connectivity index (χ0n) is 16.7. The third kappa shape index (κ3) is 13.0. The average molecular weight is 431 g/mol. The molecule has 2 atom stereocenters. The number of nitrogens with two attached hydrogens (primary N) is 3. The third-order valence-electron chi connectivity index (χ3n) is 3.42. The molecule has 0 aliphatic heterocycles. The van der Waals surface area contributed by atoms with Crippen LogP contribution in [0.1, 0.15) is 56.9 Å². The van der Waals surface area contributed by atoms with Gasteiger partial charge in [0.05, 0.1) is 12.6 Å². The molecule has 1 aromatic rings. The van der Waals surface area contributed by atoms with Crippen molar-refractivity contribution in [2.24, 2.45) is 17.2 Å². The number of nitrogens with one attached hydrogen (secondary N) is 2. The number of amides is 3. The number of rotatable bonds is 12. The molecule has 1 rings (SSSR count). The average Bonchev–Trinajstić information content (AvgIpc) is 3.12. The Kier molecular flexibility index (Phi) is 13.1. The highest BCUT2D eigenvalue weighted by Crippen LogP contribution is 2.15. The number of hydrogen-bond donors (Lipinski definition) is 7. The van der Waals surface area contributed by atoms with Crippen LogP contribution in [0.2, 0.25) is 0 Å². The molecule has 0 bridgehead atoms. The Hall–Kier alpha value is -3.26. The van der Waals surface area contributed by atoms with Crippen LogP contribution in [0.3, 0.4) is 0 Å². The number of carboxylic acid groups (broad SMARTS) is 2. The molecule has 10 N–H and O–H groups in total. The Balaban J connectivity index is 0.00000192. The fourth-order valence-electron chi connectivity index (χ4n) is 2.01. The number of aromatic nitrogens is 2. The number of unbranched alkanes of at least 4 members (excludes halogenated alkanes) is 1. The van der Waals surface area contributed by atoms with Crippen LogP contribution in [0.15, 0.2) is 4.42 Å². The van der Waals surface area contributed by atoms with Crippen molar-refractivity contribution >= 4 is 23.9 Å². The molecule has 30 heavy (non-hydrogen) atoms. The van der Waals surface area contributed by atoms with E-state index in [4.69, 9.17) is 26.1 Å². The molecule has 0 saturated carbocycles. The topological polar surface area (TPSA) is 250 Å². The van der Waals surface area contributed by atoms with Gasteiger partial charge in [0.25, 0.3) is 0 Å².